The fourth-order valence-electron chi connectivity index (χ4n) is 4.30. The number of fused-ring (bicyclic) bond motifs is 1. The van der Waals surface area contributed by atoms with E-state index in [-0.39, 0.29) is 12.0 Å². The van der Waals surface area contributed by atoms with Crippen LogP contribution < -0.4 is 9.47 Å². The maximum atomic E-state index is 11.4. The number of nitrogens with zero attached hydrogens (tertiary/aromatic N) is 1. The molecule has 1 aromatic heterocycles. The van der Waals surface area contributed by atoms with Gasteiger partial charge in [-0.3, -0.25) is 9.69 Å². The second kappa shape index (κ2) is 8.43. The normalized spacial score (nSPS) is 16.6. The van der Waals surface area contributed by atoms with E-state index in [0.717, 1.165) is 24.4 Å². The molecule has 0 aliphatic carbocycles. The Bertz CT molecular complexity index is 1010. The summed E-state index contributed by atoms with van der Waals surface area (Å²) in [5.74, 6) is 0.477. The molecule has 4 rings (SSSR count). The lowest BCUT2D eigenvalue weighted by Crippen LogP contribution is -2.39. The van der Waals surface area contributed by atoms with Gasteiger partial charge in [0.05, 0.1) is 26.2 Å². The van der Waals surface area contributed by atoms with Gasteiger partial charge in [-0.1, -0.05) is 30.3 Å². The molecule has 1 unspecified atom stereocenters. The van der Waals surface area contributed by atoms with Crippen molar-refractivity contribution in [2.24, 2.45) is 5.92 Å². The van der Waals surface area contributed by atoms with Crippen molar-refractivity contribution >= 4 is 27.4 Å². The number of likely N-dealkylation sites (tertiary alicyclic amines) is 1. The van der Waals surface area contributed by atoms with Crippen LogP contribution >= 0.6 is 11.3 Å². The molecule has 29 heavy (non-hydrogen) atoms. The van der Waals surface area contributed by atoms with E-state index < -0.39 is 5.97 Å². The predicted molar refractivity (Wildman–Crippen MR) is 115 cm³/mol. The fraction of sp³-hybridized carbons (Fsp3) is 0.348. The molecule has 1 fully saturated rings. The Hall–Kier alpha value is -2.57. The zero-order valence-electron chi connectivity index (χ0n) is 16.6. The van der Waals surface area contributed by atoms with Gasteiger partial charge in [-0.15, -0.1) is 11.3 Å². The molecule has 0 radical (unpaired) electrons. The van der Waals surface area contributed by atoms with E-state index in [1.165, 1.54) is 15.6 Å². The third-order valence-corrected chi connectivity index (χ3v) is 6.76. The molecule has 3 aromatic rings. The third kappa shape index (κ3) is 3.70. The number of methoxy groups -OCH3 is 2. The SMILES string of the molecule is COc1cccc(C(c2csc3ccccc23)N2CCC(C(=O)O)CC2)c1OC. The number of piperidine rings is 1. The van der Waals surface area contributed by atoms with E-state index in [1.54, 1.807) is 25.6 Å². The number of aliphatic carboxylic acids is 1. The number of para-hydroxylation sites is 1. The molecule has 0 amide bonds. The number of rotatable bonds is 6. The smallest absolute Gasteiger partial charge is 0.306 e. The average molecular weight is 412 g/mol. The summed E-state index contributed by atoms with van der Waals surface area (Å²) in [6.07, 6.45) is 1.31. The molecule has 0 spiro atoms. The van der Waals surface area contributed by atoms with E-state index in [1.807, 2.05) is 12.1 Å². The van der Waals surface area contributed by atoms with E-state index in [4.69, 9.17) is 9.47 Å². The van der Waals surface area contributed by atoms with Crippen LogP contribution in [0.5, 0.6) is 11.5 Å². The zero-order chi connectivity index (χ0) is 20.4. The van der Waals surface area contributed by atoms with Gasteiger partial charge in [0.1, 0.15) is 0 Å². The van der Waals surface area contributed by atoms with Crippen molar-refractivity contribution in [1.29, 1.82) is 0 Å². The van der Waals surface area contributed by atoms with Crippen molar-refractivity contribution in [2.45, 2.75) is 18.9 Å². The first kappa shape index (κ1) is 19.7. The van der Waals surface area contributed by atoms with Crippen LogP contribution in [-0.4, -0.2) is 43.3 Å². The molecular weight excluding hydrogens is 386 g/mol. The summed E-state index contributed by atoms with van der Waals surface area (Å²) in [4.78, 5) is 13.8. The maximum Gasteiger partial charge on any atom is 0.306 e. The van der Waals surface area contributed by atoms with E-state index in [2.05, 4.69) is 40.6 Å². The van der Waals surface area contributed by atoms with Crippen molar-refractivity contribution in [2.75, 3.05) is 27.3 Å². The van der Waals surface area contributed by atoms with E-state index >= 15 is 0 Å². The molecule has 6 heteroatoms. The van der Waals surface area contributed by atoms with Crippen LogP contribution in [0.2, 0.25) is 0 Å². The minimum Gasteiger partial charge on any atom is -0.493 e. The summed E-state index contributed by atoms with van der Waals surface area (Å²) >= 11 is 1.74. The Labute approximate surface area is 174 Å². The van der Waals surface area contributed by atoms with Crippen LogP contribution in [0.1, 0.15) is 30.0 Å². The topological polar surface area (TPSA) is 59.0 Å². The molecule has 0 saturated carbocycles. The predicted octanol–water partition coefficient (Wildman–Crippen LogP) is 4.80. The number of benzene rings is 2. The Morgan fingerprint density at radius 3 is 2.52 bits per heavy atom. The minimum absolute atomic E-state index is 0.0223. The molecule has 0 bridgehead atoms. The van der Waals surface area contributed by atoms with Crippen molar-refractivity contribution in [1.82, 2.24) is 4.90 Å². The first-order chi connectivity index (χ1) is 14.1. The summed E-state index contributed by atoms with van der Waals surface area (Å²) in [7, 11) is 3.32. The second-order valence-corrected chi connectivity index (χ2v) is 8.23. The molecule has 1 atom stereocenters. The standard InChI is InChI=1S/C23H25NO4S/c1-27-19-8-5-7-17(22(19)28-2)21(24-12-10-15(11-13-24)23(25)26)18-14-29-20-9-4-3-6-16(18)20/h3-9,14-15,21H,10-13H2,1-2H3,(H,25,26). The summed E-state index contributed by atoms with van der Waals surface area (Å²) in [5, 5.41) is 12.9. The van der Waals surface area contributed by atoms with Gasteiger partial charge in [-0.25, -0.2) is 0 Å². The van der Waals surface area contributed by atoms with E-state index in [9.17, 15) is 9.90 Å². The minimum atomic E-state index is -0.693. The van der Waals surface area contributed by atoms with Crippen LogP contribution in [0.15, 0.2) is 47.8 Å². The monoisotopic (exact) mass is 411 g/mol. The number of thiophene rings is 1. The van der Waals surface area contributed by atoms with Gasteiger partial charge in [0.2, 0.25) is 0 Å². The van der Waals surface area contributed by atoms with Crippen LogP contribution in [0.4, 0.5) is 0 Å². The highest BCUT2D eigenvalue weighted by Gasteiger charge is 2.33. The Kier molecular flexibility index (Phi) is 5.74. The Balaban J connectivity index is 1.82. The van der Waals surface area contributed by atoms with Gasteiger partial charge in [-0.05, 0) is 54.4 Å². The molecule has 2 heterocycles. The largest absolute Gasteiger partial charge is 0.493 e. The van der Waals surface area contributed by atoms with Crippen LogP contribution in [0, 0.1) is 5.92 Å². The van der Waals surface area contributed by atoms with Gasteiger partial charge in [0.15, 0.2) is 11.5 Å². The lowest BCUT2D eigenvalue weighted by molar-refractivity contribution is -0.143. The Morgan fingerprint density at radius 1 is 1.07 bits per heavy atom. The second-order valence-electron chi connectivity index (χ2n) is 7.32. The molecule has 2 aromatic carbocycles. The van der Waals surface area contributed by atoms with Gasteiger partial charge in [0, 0.05) is 10.3 Å². The van der Waals surface area contributed by atoms with Gasteiger partial charge in [-0.2, -0.15) is 0 Å². The highest BCUT2D eigenvalue weighted by molar-refractivity contribution is 7.17. The van der Waals surface area contributed by atoms with Crippen molar-refractivity contribution in [3.63, 3.8) is 0 Å². The molecule has 5 nitrogen and oxygen atoms in total. The molecule has 1 saturated heterocycles. The summed E-state index contributed by atoms with van der Waals surface area (Å²) < 4.78 is 12.6. The number of hydrogen-bond donors (Lipinski definition) is 1. The number of carbonyl (C=O) groups is 1. The lowest BCUT2D eigenvalue weighted by atomic mass is 9.90. The maximum absolute atomic E-state index is 11.4. The Morgan fingerprint density at radius 2 is 1.83 bits per heavy atom. The van der Waals surface area contributed by atoms with Crippen LogP contribution in [-0.2, 0) is 4.79 Å². The summed E-state index contributed by atoms with van der Waals surface area (Å²) in [5.41, 5.74) is 2.27. The molecule has 152 valence electrons. The third-order valence-electron chi connectivity index (χ3n) is 5.78. The molecular formula is C23H25NO4S. The van der Waals surface area contributed by atoms with Gasteiger partial charge >= 0.3 is 5.97 Å². The average Bonchev–Trinajstić information content (AvgIpc) is 3.18. The van der Waals surface area contributed by atoms with E-state index in [0.29, 0.717) is 18.6 Å². The fourth-order valence-corrected chi connectivity index (χ4v) is 5.28. The summed E-state index contributed by atoms with van der Waals surface area (Å²) in [6.45, 7) is 1.46. The number of ether oxygens (including phenoxy) is 2. The van der Waals surface area contributed by atoms with Crippen molar-refractivity contribution in [3.8, 4) is 11.5 Å². The van der Waals surface area contributed by atoms with Crippen LogP contribution in [0.25, 0.3) is 10.1 Å². The lowest BCUT2D eigenvalue weighted by Gasteiger charge is -2.37. The first-order valence-electron chi connectivity index (χ1n) is 9.78. The first-order valence-corrected chi connectivity index (χ1v) is 10.7. The number of carboxylic acids is 1. The quantitative estimate of drug-likeness (QED) is 0.631. The molecule has 1 aliphatic rings. The van der Waals surface area contributed by atoms with Crippen molar-refractivity contribution < 1.29 is 19.4 Å². The zero-order valence-corrected chi connectivity index (χ0v) is 17.4. The highest BCUT2D eigenvalue weighted by atomic mass is 32.1. The van der Waals surface area contributed by atoms with Gasteiger partial charge < -0.3 is 14.6 Å². The number of carboxylic acid groups (broad SMARTS) is 1. The van der Waals surface area contributed by atoms with Gasteiger partial charge in [0.25, 0.3) is 0 Å². The van der Waals surface area contributed by atoms with Crippen molar-refractivity contribution in [3.05, 3.63) is 59.0 Å². The highest BCUT2D eigenvalue weighted by Crippen LogP contribution is 2.44. The number of hydrogen-bond acceptors (Lipinski definition) is 5. The summed E-state index contributed by atoms with van der Waals surface area (Å²) in [6, 6.07) is 14.4. The molecule has 1 aliphatic heterocycles. The van der Waals surface area contributed by atoms with Crippen LogP contribution in [0.3, 0.4) is 0 Å². The molecule has 1 N–H and O–H groups in total.